The van der Waals surface area contributed by atoms with E-state index >= 15 is 0 Å². The molecule has 0 saturated heterocycles. The molecule has 4 rings (SSSR count). The molecule has 2 N–H and O–H groups in total. The van der Waals surface area contributed by atoms with Gasteiger partial charge in [0.05, 0.1) is 32.4 Å². The summed E-state index contributed by atoms with van der Waals surface area (Å²) in [5.41, 5.74) is 1.16. The third-order valence-electron chi connectivity index (χ3n) is 4.92. The van der Waals surface area contributed by atoms with Crippen LogP contribution in [0.5, 0.6) is 5.75 Å². The number of rotatable bonds is 6. The molecule has 3 aromatic rings. The van der Waals surface area contributed by atoms with E-state index < -0.39 is 22.6 Å². The molecule has 0 atom stereocenters. The molecule has 1 aliphatic heterocycles. The lowest BCUT2D eigenvalue weighted by atomic mass is 10.1. The Morgan fingerprint density at radius 2 is 1.66 bits per heavy atom. The number of carbonyl (C=O) groups excluding carboxylic acids is 3. The number of carbonyl (C=O) groups is 3. The lowest BCUT2D eigenvalue weighted by Gasteiger charge is -2.16. The lowest BCUT2D eigenvalue weighted by molar-refractivity contribution is -0.384. The van der Waals surface area contributed by atoms with Crippen LogP contribution in [-0.2, 0) is 4.79 Å². The normalized spacial score (nSPS) is 12.2. The zero-order valence-corrected chi connectivity index (χ0v) is 19.3. The first kappa shape index (κ1) is 23.8. The maximum Gasteiger partial charge on any atom is 0.269 e. The minimum Gasteiger partial charge on any atom is -0.484 e. The predicted octanol–water partition coefficient (Wildman–Crippen LogP) is 3.94. The van der Waals surface area contributed by atoms with Gasteiger partial charge in [0.25, 0.3) is 23.4 Å². The van der Waals surface area contributed by atoms with Crippen molar-refractivity contribution in [1.29, 1.82) is 0 Å². The number of hydrogen-bond donors (Lipinski definition) is 2. The number of benzene rings is 3. The number of hydrogen-bond acceptors (Lipinski definition) is 7. The fourth-order valence-electron chi connectivity index (χ4n) is 3.30. The number of amides is 3. The first-order valence-electron chi connectivity index (χ1n) is 10.00. The maximum atomic E-state index is 12.6. The number of anilines is 2. The van der Waals surface area contributed by atoms with Crippen LogP contribution in [0.2, 0.25) is 5.02 Å². The quantitative estimate of drug-likeness (QED) is 0.221. The van der Waals surface area contributed by atoms with Crippen LogP contribution in [0.25, 0.3) is 0 Å². The molecule has 0 aliphatic carbocycles. The molecular weight excluding hydrogens is 496 g/mol. The number of imide groups is 1. The molecule has 0 unspecified atom stereocenters. The number of nitro benzene ring substituents is 1. The summed E-state index contributed by atoms with van der Waals surface area (Å²) in [4.78, 5) is 48.6. The highest BCUT2D eigenvalue weighted by Gasteiger charge is 2.36. The summed E-state index contributed by atoms with van der Waals surface area (Å²) in [6, 6.07) is 16.3. The van der Waals surface area contributed by atoms with Crippen molar-refractivity contribution in [3.8, 4) is 5.75 Å². The van der Waals surface area contributed by atoms with E-state index in [-0.39, 0.29) is 28.2 Å². The predicted molar refractivity (Wildman–Crippen MR) is 132 cm³/mol. The number of nitrogens with one attached hydrogen (secondary N) is 2. The van der Waals surface area contributed by atoms with E-state index in [1.165, 1.54) is 42.5 Å². The summed E-state index contributed by atoms with van der Waals surface area (Å²) >= 11 is 11.4. The first-order chi connectivity index (χ1) is 16.7. The molecule has 1 aliphatic rings. The summed E-state index contributed by atoms with van der Waals surface area (Å²) in [6.07, 6.45) is 0. The minimum atomic E-state index is -0.570. The van der Waals surface area contributed by atoms with E-state index in [0.717, 1.165) is 4.90 Å². The van der Waals surface area contributed by atoms with Crippen LogP contribution in [0, 0.1) is 10.1 Å². The van der Waals surface area contributed by atoms with Crippen LogP contribution in [0.3, 0.4) is 0 Å². The Hall–Kier alpha value is -4.35. The van der Waals surface area contributed by atoms with Gasteiger partial charge in [-0.05, 0) is 54.7 Å². The molecule has 12 heteroatoms. The number of nitro groups is 1. The molecule has 0 spiro atoms. The summed E-state index contributed by atoms with van der Waals surface area (Å²) in [5.74, 6) is -1.19. The molecule has 3 amide bonds. The highest BCUT2D eigenvalue weighted by atomic mass is 35.5. The summed E-state index contributed by atoms with van der Waals surface area (Å²) < 4.78 is 5.28. The number of halogens is 1. The van der Waals surface area contributed by atoms with Gasteiger partial charge in [-0.1, -0.05) is 23.7 Å². The largest absolute Gasteiger partial charge is 0.484 e. The zero-order chi connectivity index (χ0) is 25.1. The van der Waals surface area contributed by atoms with E-state index in [9.17, 15) is 24.5 Å². The third-order valence-corrected chi connectivity index (χ3v) is 5.44. The Morgan fingerprint density at radius 1 is 1.03 bits per heavy atom. The van der Waals surface area contributed by atoms with E-state index in [2.05, 4.69) is 10.6 Å². The van der Waals surface area contributed by atoms with Crippen molar-refractivity contribution in [3.63, 3.8) is 0 Å². The van der Waals surface area contributed by atoms with Gasteiger partial charge in [0.2, 0.25) is 0 Å². The maximum absolute atomic E-state index is 12.6. The molecule has 0 fully saturated rings. The standard InChI is InChI=1S/C23H15ClN4O6S/c24-18-11-14(27-21(30)16-3-1-2-4-17(16)22(27)31)7-10-19(18)25-23(35)26-20(29)12-34-15-8-5-13(6-9-15)28(32)33/h1-11H,12H2,(H2,25,26,29,35). The molecule has 0 bridgehead atoms. The molecule has 3 aromatic carbocycles. The number of fused-ring (bicyclic) bond motifs is 1. The van der Waals surface area contributed by atoms with Crippen molar-refractivity contribution in [2.45, 2.75) is 0 Å². The highest BCUT2D eigenvalue weighted by Crippen LogP contribution is 2.32. The average Bonchev–Trinajstić information content (AvgIpc) is 3.09. The monoisotopic (exact) mass is 510 g/mol. The van der Waals surface area contributed by atoms with Crippen molar-refractivity contribution >= 4 is 63.7 Å². The summed E-state index contributed by atoms with van der Waals surface area (Å²) in [7, 11) is 0. The second-order valence-electron chi connectivity index (χ2n) is 7.20. The van der Waals surface area contributed by atoms with Gasteiger partial charge >= 0.3 is 0 Å². The second-order valence-corrected chi connectivity index (χ2v) is 8.01. The van der Waals surface area contributed by atoms with Crippen LogP contribution < -0.4 is 20.3 Å². The van der Waals surface area contributed by atoms with Crippen molar-refractivity contribution in [2.24, 2.45) is 0 Å². The van der Waals surface area contributed by atoms with Gasteiger partial charge in [-0.25, -0.2) is 4.90 Å². The van der Waals surface area contributed by atoms with Crippen molar-refractivity contribution in [1.82, 2.24) is 5.32 Å². The van der Waals surface area contributed by atoms with Crippen LogP contribution in [-0.4, -0.2) is 34.4 Å². The van der Waals surface area contributed by atoms with Crippen LogP contribution in [0.15, 0.2) is 66.7 Å². The smallest absolute Gasteiger partial charge is 0.269 e. The summed E-state index contributed by atoms with van der Waals surface area (Å²) in [6.45, 7) is -0.383. The van der Waals surface area contributed by atoms with E-state index in [1.807, 2.05) is 0 Å². The summed E-state index contributed by atoms with van der Waals surface area (Å²) in [5, 5.41) is 16.0. The van der Waals surface area contributed by atoms with Gasteiger partial charge < -0.3 is 10.1 Å². The molecule has 0 aromatic heterocycles. The zero-order valence-electron chi connectivity index (χ0n) is 17.7. The first-order valence-corrected chi connectivity index (χ1v) is 10.8. The van der Waals surface area contributed by atoms with E-state index in [4.69, 9.17) is 28.6 Å². The highest BCUT2D eigenvalue weighted by molar-refractivity contribution is 7.80. The topological polar surface area (TPSA) is 131 Å². The number of non-ortho nitro benzene ring substituents is 1. The number of thiocarbonyl (C=S) groups is 1. The Kier molecular flexibility index (Phi) is 6.71. The molecule has 0 saturated carbocycles. The molecule has 1 heterocycles. The molecule has 176 valence electrons. The van der Waals surface area contributed by atoms with E-state index in [1.54, 1.807) is 24.3 Å². The second kappa shape index (κ2) is 9.87. The fraction of sp³-hybridized carbons (Fsp3) is 0.0435. The third kappa shape index (κ3) is 5.10. The molecule has 35 heavy (non-hydrogen) atoms. The Balaban J connectivity index is 1.34. The average molecular weight is 511 g/mol. The lowest BCUT2D eigenvalue weighted by Crippen LogP contribution is -2.37. The number of nitrogens with zero attached hydrogens (tertiary/aromatic N) is 2. The van der Waals surface area contributed by atoms with Crippen molar-refractivity contribution in [3.05, 3.63) is 93.0 Å². The minimum absolute atomic E-state index is 0.0577. The van der Waals surface area contributed by atoms with Crippen LogP contribution >= 0.6 is 23.8 Å². The van der Waals surface area contributed by atoms with Crippen molar-refractivity contribution < 1.29 is 24.0 Å². The molecule has 0 radical (unpaired) electrons. The van der Waals surface area contributed by atoms with Crippen LogP contribution in [0.4, 0.5) is 17.1 Å². The van der Waals surface area contributed by atoms with Gasteiger partial charge in [0.15, 0.2) is 11.7 Å². The van der Waals surface area contributed by atoms with Gasteiger partial charge in [-0.3, -0.25) is 29.8 Å². The van der Waals surface area contributed by atoms with Crippen molar-refractivity contribution in [2.75, 3.05) is 16.8 Å². The Bertz CT molecular complexity index is 1340. The number of ether oxygens (including phenoxy) is 1. The van der Waals surface area contributed by atoms with Gasteiger partial charge in [-0.2, -0.15) is 0 Å². The van der Waals surface area contributed by atoms with Gasteiger partial charge in [0, 0.05) is 12.1 Å². The SMILES string of the molecule is O=C(COc1ccc([N+](=O)[O-])cc1)NC(=S)Nc1ccc(N2C(=O)c3ccccc3C2=O)cc1Cl. The molecule has 10 nitrogen and oxygen atoms in total. The van der Waals surface area contributed by atoms with Gasteiger partial charge in [-0.15, -0.1) is 0 Å². The Morgan fingerprint density at radius 3 is 2.23 bits per heavy atom. The van der Waals surface area contributed by atoms with Crippen LogP contribution in [0.1, 0.15) is 20.7 Å². The molecular formula is C23H15ClN4O6S. The van der Waals surface area contributed by atoms with E-state index in [0.29, 0.717) is 22.5 Å². The van der Waals surface area contributed by atoms with Gasteiger partial charge in [0.1, 0.15) is 5.75 Å². The fourth-order valence-corrected chi connectivity index (χ4v) is 3.74. The Labute approximate surface area is 208 Å².